The number of nitrogens with zero attached hydrogens (tertiary/aromatic N) is 1. The lowest BCUT2D eigenvalue weighted by molar-refractivity contribution is -0.123. The SMILES string of the molecule is COc1cc(C=C2SC(=O)N(Cc3ccc(F)cc3)C2=O)cc(OC)c1OC. The van der Waals surface area contributed by atoms with Crippen LogP contribution in [-0.4, -0.2) is 37.4 Å². The van der Waals surface area contributed by atoms with Crippen molar-refractivity contribution in [1.29, 1.82) is 0 Å². The van der Waals surface area contributed by atoms with Crippen molar-refractivity contribution in [2.45, 2.75) is 6.54 Å². The van der Waals surface area contributed by atoms with Crippen molar-refractivity contribution in [3.05, 3.63) is 58.2 Å². The summed E-state index contributed by atoms with van der Waals surface area (Å²) >= 11 is 0.847. The first-order chi connectivity index (χ1) is 13.5. The van der Waals surface area contributed by atoms with E-state index in [0.717, 1.165) is 16.7 Å². The van der Waals surface area contributed by atoms with Gasteiger partial charge in [0.25, 0.3) is 11.1 Å². The van der Waals surface area contributed by atoms with Crippen LogP contribution >= 0.6 is 11.8 Å². The fraction of sp³-hybridized carbons (Fsp3) is 0.200. The summed E-state index contributed by atoms with van der Waals surface area (Å²) < 4.78 is 28.9. The normalized spacial score (nSPS) is 15.3. The number of carbonyl (C=O) groups is 2. The van der Waals surface area contributed by atoms with Crippen LogP contribution in [0.2, 0.25) is 0 Å². The predicted octanol–water partition coefficient (Wildman–Crippen LogP) is 4.09. The second kappa shape index (κ2) is 8.35. The number of ether oxygens (including phenoxy) is 3. The van der Waals surface area contributed by atoms with E-state index < -0.39 is 5.91 Å². The molecule has 8 heteroatoms. The summed E-state index contributed by atoms with van der Waals surface area (Å²) in [7, 11) is 4.50. The lowest BCUT2D eigenvalue weighted by Gasteiger charge is -2.13. The fourth-order valence-electron chi connectivity index (χ4n) is 2.74. The first kappa shape index (κ1) is 19.8. The van der Waals surface area contributed by atoms with Gasteiger partial charge < -0.3 is 14.2 Å². The molecule has 0 unspecified atom stereocenters. The standard InChI is InChI=1S/C20H18FNO5S/c1-25-15-8-13(9-16(26-2)18(15)27-3)10-17-19(23)22(20(24)28-17)11-12-4-6-14(21)7-5-12/h4-10H,11H2,1-3H3. The molecule has 0 spiro atoms. The highest BCUT2D eigenvalue weighted by Gasteiger charge is 2.35. The van der Waals surface area contributed by atoms with Gasteiger partial charge in [0.1, 0.15) is 5.82 Å². The number of amides is 2. The Morgan fingerprint density at radius 3 is 2.14 bits per heavy atom. The smallest absolute Gasteiger partial charge is 0.293 e. The molecule has 0 atom stereocenters. The Balaban J connectivity index is 1.88. The van der Waals surface area contributed by atoms with E-state index in [-0.39, 0.29) is 22.5 Å². The highest BCUT2D eigenvalue weighted by Crippen LogP contribution is 2.40. The van der Waals surface area contributed by atoms with Gasteiger partial charge in [0.15, 0.2) is 11.5 Å². The summed E-state index contributed by atoms with van der Waals surface area (Å²) in [6, 6.07) is 9.05. The molecule has 1 aliphatic heterocycles. The number of imide groups is 1. The second-order valence-electron chi connectivity index (χ2n) is 5.85. The zero-order chi connectivity index (χ0) is 20.3. The minimum atomic E-state index is -0.409. The predicted molar refractivity (Wildman–Crippen MR) is 104 cm³/mol. The van der Waals surface area contributed by atoms with Crippen molar-refractivity contribution < 1.29 is 28.2 Å². The molecule has 0 aliphatic carbocycles. The minimum absolute atomic E-state index is 0.0809. The van der Waals surface area contributed by atoms with Crippen LogP contribution in [0.1, 0.15) is 11.1 Å². The van der Waals surface area contributed by atoms with Gasteiger partial charge in [0.2, 0.25) is 5.75 Å². The van der Waals surface area contributed by atoms with Gasteiger partial charge in [-0.2, -0.15) is 0 Å². The van der Waals surface area contributed by atoms with Crippen molar-refractivity contribution in [1.82, 2.24) is 4.90 Å². The van der Waals surface area contributed by atoms with Crippen LogP contribution in [0.3, 0.4) is 0 Å². The molecule has 146 valence electrons. The average Bonchev–Trinajstić information content (AvgIpc) is 2.96. The zero-order valence-corrected chi connectivity index (χ0v) is 16.3. The molecule has 2 aromatic rings. The van der Waals surface area contributed by atoms with Crippen molar-refractivity contribution in [3.63, 3.8) is 0 Å². The van der Waals surface area contributed by atoms with E-state index in [1.165, 1.54) is 33.5 Å². The van der Waals surface area contributed by atoms with Gasteiger partial charge in [0.05, 0.1) is 32.8 Å². The van der Waals surface area contributed by atoms with E-state index in [0.29, 0.717) is 28.4 Å². The second-order valence-corrected chi connectivity index (χ2v) is 6.85. The molecule has 6 nitrogen and oxygen atoms in total. The molecule has 0 N–H and O–H groups in total. The van der Waals surface area contributed by atoms with Crippen LogP contribution in [-0.2, 0) is 11.3 Å². The van der Waals surface area contributed by atoms with Crippen molar-refractivity contribution in [3.8, 4) is 17.2 Å². The van der Waals surface area contributed by atoms with Gasteiger partial charge in [-0.1, -0.05) is 12.1 Å². The van der Waals surface area contributed by atoms with Crippen LogP contribution in [0.4, 0.5) is 9.18 Å². The molecular weight excluding hydrogens is 385 g/mol. The van der Waals surface area contributed by atoms with E-state index in [1.807, 2.05) is 0 Å². The molecule has 0 saturated carbocycles. The quantitative estimate of drug-likeness (QED) is 0.677. The first-order valence-electron chi connectivity index (χ1n) is 8.26. The fourth-order valence-corrected chi connectivity index (χ4v) is 3.58. The molecule has 0 radical (unpaired) electrons. The monoisotopic (exact) mass is 403 g/mol. The lowest BCUT2D eigenvalue weighted by Crippen LogP contribution is -2.27. The Bertz CT molecular complexity index is 917. The number of hydrogen-bond donors (Lipinski definition) is 0. The minimum Gasteiger partial charge on any atom is -0.493 e. The molecule has 1 heterocycles. The third kappa shape index (κ3) is 3.96. The van der Waals surface area contributed by atoms with Gasteiger partial charge in [-0.3, -0.25) is 14.5 Å². The summed E-state index contributed by atoms with van der Waals surface area (Å²) in [5.41, 5.74) is 1.29. The van der Waals surface area contributed by atoms with E-state index in [1.54, 1.807) is 30.3 Å². The Morgan fingerprint density at radius 1 is 1.00 bits per heavy atom. The highest BCUT2D eigenvalue weighted by molar-refractivity contribution is 8.18. The maximum Gasteiger partial charge on any atom is 0.293 e. The molecule has 0 bridgehead atoms. The third-order valence-corrected chi connectivity index (χ3v) is 5.02. The maximum atomic E-state index is 13.0. The third-order valence-electron chi connectivity index (χ3n) is 4.11. The molecule has 1 fully saturated rings. The topological polar surface area (TPSA) is 65.1 Å². The van der Waals surface area contributed by atoms with E-state index >= 15 is 0 Å². The summed E-state index contributed by atoms with van der Waals surface area (Å²) in [6.45, 7) is 0.0809. The maximum absolute atomic E-state index is 13.0. The van der Waals surface area contributed by atoms with Crippen molar-refractivity contribution in [2.75, 3.05) is 21.3 Å². The first-order valence-corrected chi connectivity index (χ1v) is 9.08. The van der Waals surface area contributed by atoms with Crippen LogP contribution < -0.4 is 14.2 Å². The molecule has 28 heavy (non-hydrogen) atoms. The molecule has 2 amide bonds. The summed E-state index contributed by atoms with van der Waals surface area (Å²) in [4.78, 5) is 26.4. The average molecular weight is 403 g/mol. The Morgan fingerprint density at radius 2 is 1.61 bits per heavy atom. The number of carbonyl (C=O) groups excluding carboxylic acids is 2. The Labute approximate surface area is 165 Å². The number of hydrogen-bond acceptors (Lipinski definition) is 6. The van der Waals surface area contributed by atoms with E-state index in [9.17, 15) is 14.0 Å². The number of benzene rings is 2. The van der Waals surface area contributed by atoms with Gasteiger partial charge in [0, 0.05) is 0 Å². The molecular formula is C20H18FNO5S. The Kier molecular flexibility index (Phi) is 5.89. The van der Waals surface area contributed by atoms with E-state index in [4.69, 9.17) is 14.2 Å². The van der Waals surface area contributed by atoms with Crippen molar-refractivity contribution in [2.24, 2.45) is 0 Å². The Hall–Kier alpha value is -3.00. The van der Waals surface area contributed by atoms with Gasteiger partial charge >= 0.3 is 0 Å². The largest absolute Gasteiger partial charge is 0.493 e. The molecule has 0 aromatic heterocycles. The summed E-state index contributed by atoms with van der Waals surface area (Å²) in [6.07, 6.45) is 1.60. The molecule has 1 saturated heterocycles. The van der Waals surface area contributed by atoms with Crippen molar-refractivity contribution >= 4 is 29.0 Å². The summed E-state index contributed by atoms with van der Waals surface area (Å²) in [5, 5.41) is -0.381. The van der Waals surface area contributed by atoms with Gasteiger partial charge in [-0.25, -0.2) is 4.39 Å². The van der Waals surface area contributed by atoms with Gasteiger partial charge in [-0.15, -0.1) is 0 Å². The number of rotatable bonds is 6. The molecule has 1 aliphatic rings. The number of halogens is 1. The van der Waals surface area contributed by atoms with E-state index in [2.05, 4.69) is 0 Å². The van der Waals surface area contributed by atoms with Gasteiger partial charge in [-0.05, 0) is 53.2 Å². The molecule has 3 rings (SSSR count). The summed E-state index contributed by atoms with van der Waals surface area (Å²) in [5.74, 6) is 0.539. The zero-order valence-electron chi connectivity index (χ0n) is 15.5. The van der Waals surface area contributed by atoms with Crippen LogP contribution in [0.25, 0.3) is 6.08 Å². The number of thioether (sulfide) groups is 1. The number of methoxy groups -OCH3 is 3. The highest BCUT2D eigenvalue weighted by atomic mass is 32.2. The van der Waals surface area contributed by atoms with Crippen LogP contribution in [0.15, 0.2) is 41.3 Å². The molecule has 2 aromatic carbocycles. The lowest BCUT2D eigenvalue weighted by atomic mass is 10.1. The van der Waals surface area contributed by atoms with Crippen LogP contribution in [0, 0.1) is 5.82 Å². The van der Waals surface area contributed by atoms with Crippen LogP contribution in [0.5, 0.6) is 17.2 Å².